The molecule has 0 saturated heterocycles. The zero-order valence-electron chi connectivity index (χ0n) is 18.6. The van der Waals surface area contributed by atoms with E-state index < -0.39 is 23.9 Å². The topological polar surface area (TPSA) is 121 Å². The molecule has 3 N–H and O–H groups in total. The SMILES string of the molecule is Cc1nn(C)cc1-c1cc(C(F)F)nc2sc(C(N)=O)c(NC(=O)Cn3nc(C)c(Br)c3C)c12. The number of anilines is 1. The smallest absolute Gasteiger partial charge is 0.280 e. The van der Waals surface area contributed by atoms with E-state index in [1.807, 2.05) is 6.92 Å². The Morgan fingerprint density at radius 3 is 2.44 bits per heavy atom. The van der Waals surface area contributed by atoms with Gasteiger partial charge in [0.25, 0.3) is 12.3 Å². The number of carbonyl (C=O) groups is 2. The summed E-state index contributed by atoms with van der Waals surface area (Å²) in [4.78, 5) is 29.4. The maximum atomic E-state index is 13.6. The number of carbonyl (C=O) groups excluding carboxylic acids is 2. The molecule has 0 spiro atoms. The summed E-state index contributed by atoms with van der Waals surface area (Å²) in [5.41, 5.74) is 8.28. The minimum Gasteiger partial charge on any atom is -0.365 e. The van der Waals surface area contributed by atoms with Crippen LogP contribution >= 0.6 is 27.3 Å². The van der Waals surface area contributed by atoms with Gasteiger partial charge in [0.15, 0.2) is 0 Å². The molecule has 9 nitrogen and oxygen atoms in total. The van der Waals surface area contributed by atoms with Crippen molar-refractivity contribution in [2.75, 3.05) is 5.32 Å². The number of thiophene rings is 1. The van der Waals surface area contributed by atoms with Crippen molar-refractivity contribution in [1.29, 1.82) is 0 Å². The Morgan fingerprint density at radius 2 is 1.91 bits per heavy atom. The molecule has 4 rings (SSSR count). The molecule has 0 unspecified atom stereocenters. The monoisotopic (exact) mass is 551 g/mol. The first kappa shape index (κ1) is 24.0. The Balaban J connectivity index is 1.88. The number of aryl methyl sites for hydroxylation is 3. The molecule has 4 aromatic rings. The van der Waals surface area contributed by atoms with Crippen LogP contribution in [0, 0.1) is 20.8 Å². The van der Waals surface area contributed by atoms with Crippen molar-refractivity contribution in [3.63, 3.8) is 0 Å². The van der Waals surface area contributed by atoms with E-state index in [1.54, 1.807) is 31.8 Å². The number of nitrogens with two attached hydrogens (primary N) is 1. The van der Waals surface area contributed by atoms with Gasteiger partial charge in [-0.3, -0.25) is 19.0 Å². The highest BCUT2D eigenvalue weighted by Crippen LogP contribution is 2.43. The van der Waals surface area contributed by atoms with Crippen LogP contribution in [0.25, 0.3) is 21.3 Å². The molecule has 0 bridgehead atoms. The zero-order chi connectivity index (χ0) is 24.9. The zero-order valence-corrected chi connectivity index (χ0v) is 21.0. The van der Waals surface area contributed by atoms with Crippen molar-refractivity contribution in [3.8, 4) is 11.1 Å². The Morgan fingerprint density at radius 1 is 1.21 bits per heavy atom. The lowest BCUT2D eigenvalue weighted by Crippen LogP contribution is -2.22. The van der Waals surface area contributed by atoms with Crippen LogP contribution in [-0.2, 0) is 18.4 Å². The Bertz CT molecular complexity index is 1460. The normalized spacial score (nSPS) is 11.5. The first-order chi connectivity index (χ1) is 16.0. The minimum atomic E-state index is -2.83. The number of aromatic nitrogens is 5. The quantitative estimate of drug-likeness (QED) is 0.371. The van der Waals surface area contributed by atoms with E-state index >= 15 is 0 Å². The van der Waals surface area contributed by atoms with Crippen LogP contribution in [0.2, 0.25) is 0 Å². The van der Waals surface area contributed by atoms with Gasteiger partial charge in [-0.1, -0.05) is 0 Å². The van der Waals surface area contributed by atoms with E-state index in [2.05, 4.69) is 36.4 Å². The summed E-state index contributed by atoms with van der Waals surface area (Å²) in [6, 6.07) is 1.25. The molecule has 34 heavy (non-hydrogen) atoms. The van der Waals surface area contributed by atoms with Gasteiger partial charge in [-0.15, -0.1) is 11.3 Å². The van der Waals surface area contributed by atoms with E-state index in [1.165, 1.54) is 10.7 Å². The summed E-state index contributed by atoms with van der Waals surface area (Å²) in [5, 5.41) is 11.7. The van der Waals surface area contributed by atoms with Crippen LogP contribution in [0.5, 0.6) is 0 Å². The maximum absolute atomic E-state index is 13.6. The Kier molecular flexibility index (Phi) is 6.25. The summed E-state index contributed by atoms with van der Waals surface area (Å²) < 4.78 is 31.1. The van der Waals surface area contributed by atoms with E-state index in [0.717, 1.165) is 27.2 Å². The van der Waals surface area contributed by atoms with E-state index in [9.17, 15) is 18.4 Å². The molecular weight excluding hydrogens is 532 g/mol. The highest BCUT2D eigenvalue weighted by molar-refractivity contribution is 9.10. The third-order valence-corrected chi connectivity index (χ3v) is 7.53. The van der Waals surface area contributed by atoms with Gasteiger partial charge in [0.2, 0.25) is 5.91 Å². The Labute approximate surface area is 205 Å². The van der Waals surface area contributed by atoms with Crippen LogP contribution in [0.3, 0.4) is 0 Å². The lowest BCUT2D eigenvalue weighted by molar-refractivity contribution is -0.116. The fraction of sp³-hybridized carbons (Fsp3) is 0.286. The molecule has 0 fully saturated rings. The number of rotatable bonds is 6. The fourth-order valence-corrected chi connectivity index (χ4v) is 5.04. The van der Waals surface area contributed by atoms with Crippen LogP contribution < -0.4 is 11.1 Å². The largest absolute Gasteiger partial charge is 0.365 e. The van der Waals surface area contributed by atoms with Crippen LogP contribution in [0.1, 0.15) is 38.9 Å². The molecule has 178 valence electrons. The summed E-state index contributed by atoms with van der Waals surface area (Å²) in [6.45, 7) is 5.23. The highest BCUT2D eigenvalue weighted by Gasteiger charge is 2.26. The maximum Gasteiger partial charge on any atom is 0.280 e. The molecule has 13 heteroatoms. The van der Waals surface area contributed by atoms with Crippen molar-refractivity contribution in [3.05, 3.63) is 44.4 Å². The molecule has 0 aliphatic rings. The van der Waals surface area contributed by atoms with Gasteiger partial charge < -0.3 is 11.1 Å². The summed E-state index contributed by atoms with van der Waals surface area (Å²) in [5.74, 6) is -1.27. The summed E-state index contributed by atoms with van der Waals surface area (Å²) in [7, 11) is 1.71. The highest BCUT2D eigenvalue weighted by atomic mass is 79.9. The average molecular weight is 552 g/mol. The number of alkyl halides is 2. The third kappa shape index (κ3) is 4.20. The number of nitrogens with one attached hydrogen (secondary N) is 1. The first-order valence-corrected chi connectivity index (χ1v) is 11.6. The van der Waals surface area contributed by atoms with Crippen LogP contribution in [0.4, 0.5) is 14.5 Å². The summed E-state index contributed by atoms with van der Waals surface area (Å²) in [6.07, 6.45) is -1.15. The van der Waals surface area contributed by atoms with Crippen molar-refractivity contribution in [2.45, 2.75) is 33.7 Å². The number of amides is 2. The second-order valence-corrected chi connectivity index (χ2v) is 9.53. The van der Waals surface area contributed by atoms with Crippen molar-refractivity contribution in [2.24, 2.45) is 12.8 Å². The molecule has 0 atom stereocenters. The molecule has 0 aromatic carbocycles. The van der Waals surface area contributed by atoms with Gasteiger partial charge in [0.05, 0.1) is 27.2 Å². The standard InChI is InChI=1S/C21H20BrF2N7O2S/c1-8-12(6-30(4)28-8)11-5-13(19(23)24)26-21-15(11)17(18(34-21)20(25)33)27-14(32)7-31-10(3)16(22)9(2)29-31/h5-6,19H,7H2,1-4H3,(H2,25,33)(H,27,32). The van der Waals surface area contributed by atoms with Crippen molar-refractivity contribution < 1.29 is 18.4 Å². The van der Waals surface area contributed by atoms with Crippen molar-refractivity contribution in [1.82, 2.24) is 24.5 Å². The molecular formula is C21H20BrF2N7O2S. The second-order valence-electron chi connectivity index (χ2n) is 7.74. The number of fused-ring (bicyclic) bond motifs is 1. The molecule has 4 heterocycles. The predicted octanol–water partition coefficient (Wildman–Crippen LogP) is 4.26. The Hall–Kier alpha value is -3.19. The molecule has 0 aliphatic heterocycles. The summed E-state index contributed by atoms with van der Waals surface area (Å²) >= 11 is 4.28. The number of hydrogen-bond donors (Lipinski definition) is 2. The second kappa shape index (κ2) is 8.87. The van der Waals surface area contributed by atoms with Gasteiger partial charge in [-0.25, -0.2) is 13.8 Å². The number of halogens is 3. The molecule has 0 aliphatic carbocycles. The fourth-order valence-electron chi connectivity index (χ4n) is 3.74. The molecule has 0 saturated carbocycles. The van der Waals surface area contributed by atoms with Crippen LogP contribution in [0.15, 0.2) is 16.7 Å². The predicted molar refractivity (Wildman–Crippen MR) is 128 cm³/mol. The number of pyridine rings is 1. The van der Waals surface area contributed by atoms with Crippen molar-refractivity contribution >= 4 is 55.0 Å². The van der Waals surface area contributed by atoms with Gasteiger partial charge in [0, 0.05) is 24.2 Å². The van der Waals surface area contributed by atoms with E-state index in [0.29, 0.717) is 22.2 Å². The number of hydrogen-bond acceptors (Lipinski definition) is 6. The molecule has 0 radical (unpaired) electrons. The van der Waals surface area contributed by atoms with Gasteiger partial charge in [0.1, 0.15) is 21.9 Å². The minimum absolute atomic E-state index is 0.0135. The van der Waals surface area contributed by atoms with E-state index in [-0.39, 0.29) is 21.9 Å². The van der Waals surface area contributed by atoms with Gasteiger partial charge in [-0.2, -0.15) is 10.2 Å². The van der Waals surface area contributed by atoms with Gasteiger partial charge >= 0.3 is 0 Å². The third-order valence-electron chi connectivity index (χ3n) is 5.28. The molecule has 2 amide bonds. The number of primary amides is 1. The van der Waals surface area contributed by atoms with E-state index in [4.69, 9.17) is 5.73 Å². The van der Waals surface area contributed by atoms with Gasteiger partial charge in [-0.05, 0) is 48.3 Å². The van der Waals surface area contributed by atoms with Crippen LogP contribution in [-0.4, -0.2) is 36.4 Å². The lowest BCUT2D eigenvalue weighted by atomic mass is 10.0. The average Bonchev–Trinajstić information content (AvgIpc) is 3.37. The first-order valence-electron chi connectivity index (χ1n) is 10.0. The molecule has 4 aromatic heterocycles. The lowest BCUT2D eigenvalue weighted by Gasteiger charge is -2.11. The number of nitrogens with zero attached hydrogens (tertiary/aromatic N) is 5.